The molecule has 0 bridgehead atoms. The van der Waals surface area contributed by atoms with Crippen LogP contribution in [0.4, 0.5) is 0 Å². The summed E-state index contributed by atoms with van der Waals surface area (Å²) < 4.78 is 11.4. The van der Waals surface area contributed by atoms with E-state index < -0.39 is 0 Å². The van der Waals surface area contributed by atoms with Gasteiger partial charge in [-0.25, -0.2) is 0 Å². The predicted molar refractivity (Wildman–Crippen MR) is 94.8 cm³/mol. The Kier molecular flexibility index (Phi) is 10.8. The smallest absolute Gasteiger partial charge is 0.119 e. The van der Waals surface area contributed by atoms with Crippen molar-refractivity contribution >= 4 is 0 Å². The van der Waals surface area contributed by atoms with Gasteiger partial charge in [0.25, 0.3) is 0 Å². The van der Waals surface area contributed by atoms with Crippen molar-refractivity contribution in [3.8, 4) is 11.5 Å². The molecule has 122 valence electrons. The number of hydrogen-bond acceptors (Lipinski definition) is 2. The van der Waals surface area contributed by atoms with E-state index in [0.717, 1.165) is 50.4 Å². The van der Waals surface area contributed by atoms with E-state index in [1.807, 2.05) is 24.3 Å². The fraction of sp³-hybridized carbons (Fsp3) is 0.500. The van der Waals surface area contributed by atoms with Crippen LogP contribution in [-0.2, 0) is 0 Å². The molecule has 0 saturated heterocycles. The van der Waals surface area contributed by atoms with Crippen molar-refractivity contribution in [3.63, 3.8) is 0 Å². The molecule has 0 aliphatic carbocycles. The summed E-state index contributed by atoms with van der Waals surface area (Å²) in [5.41, 5.74) is 0. The van der Waals surface area contributed by atoms with Crippen LogP contribution >= 0.6 is 0 Å². The summed E-state index contributed by atoms with van der Waals surface area (Å²) in [6.45, 7) is 5.68. The van der Waals surface area contributed by atoms with Gasteiger partial charge in [0.2, 0.25) is 0 Å². The lowest BCUT2D eigenvalue weighted by molar-refractivity contribution is 0.299. The van der Waals surface area contributed by atoms with Crippen LogP contribution in [0.25, 0.3) is 0 Å². The Hall–Kier alpha value is -1.70. The van der Waals surface area contributed by atoms with E-state index in [0.29, 0.717) is 0 Å². The molecule has 0 radical (unpaired) electrons. The molecule has 0 fully saturated rings. The molecule has 2 nitrogen and oxygen atoms in total. The summed E-state index contributed by atoms with van der Waals surface area (Å²) in [7, 11) is 0. The van der Waals surface area contributed by atoms with E-state index in [1.54, 1.807) is 0 Å². The summed E-state index contributed by atoms with van der Waals surface area (Å²) in [5, 5.41) is 0. The third-order valence-electron chi connectivity index (χ3n) is 3.36. The molecule has 1 aromatic rings. The lowest BCUT2D eigenvalue weighted by Gasteiger charge is -2.08. The second-order valence-electron chi connectivity index (χ2n) is 5.30. The van der Waals surface area contributed by atoms with Crippen LogP contribution in [-0.4, -0.2) is 13.2 Å². The fourth-order valence-corrected chi connectivity index (χ4v) is 2.07. The van der Waals surface area contributed by atoms with Gasteiger partial charge in [-0.15, -0.1) is 0 Å². The highest BCUT2D eigenvalue weighted by Crippen LogP contribution is 2.18. The first-order valence-corrected chi connectivity index (χ1v) is 8.44. The zero-order valence-electron chi connectivity index (χ0n) is 14.1. The quantitative estimate of drug-likeness (QED) is 0.351. The predicted octanol–water partition coefficient (Wildman–Crippen LogP) is 5.94. The van der Waals surface area contributed by atoms with Crippen LogP contribution in [0.15, 0.2) is 48.6 Å². The van der Waals surface area contributed by atoms with Crippen LogP contribution in [0.1, 0.15) is 52.4 Å². The number of benzene rings is 1. The Morgan fingerprint density at radius 1 is 0.682 bits per heavy atom. The minimum Gasteiger partial charge on any atom is -0.494 e. The van der Waals surface area contributed by atoms with Crippen LogP contribution in [0.2, 0.25) is 0 Å². The van der Waals surface area contributed by atoms with Gasteiger partial charge >= 0.3 is 0 Å². The normalized spacial score (nSPS) is 11.4. The van der Waals surface area contributed by atoms with Crippen LogP contribution < -0.4 is 9.47 Å². The van der Waals surface area contributed by atoms with Crippen LogP contribution in [0.5, 0.6) is 11.5 Å². The fourth-order valence-electron chi connectivity index (χ4n) is 2.07. The first-order valence-electron chi connectivity index (χ1n) is 8.44. The summed E-state index contributed by atoms with van der Waals surface area (Å²) >= 11 is 0. The van der Waals surface area contributed by atoms with Gasteiger partial charge in [-0.05, 0) is 76.6 Å². The topological polar surface area (TPSA) is 18.5 Å². The molecule has 0 N–H and O–H groups in total. The minimum absolute atomic E-state index is 0.780. The maximum Gasteiger partial charge on any atom is 0.119 e. The van der Waals surface area contributed by atoms with E-state index in [1.165, 1.54) is 12.8 Å². The molecular weight excluding hydrogens is 272 g/mol. The summed E-state index contributed by atoms with van der Waals surface area (Å²) in [5.74, 6) is 1.85. The van der Waals surface area contributed by atoms with Crippen molar-refractivity contribution in [1.29, 1.82) is 0 Å². The van der Waals surface area contributed by atoms with E-state index in [-0.39, 0.29) is 0 Å². The summed E-state index contributed by atoms with van der Waals surface area (Å²) in [6, 6.07) is 7.95. The monoisotopic (exact) mass is 302 g/mol. The molecule has 2 heteroatoms. The Balaban J connectivity index is 2.11. The second-order valence-corrected chi connectivity index (χ2v) is 5.30. The van der Waals surface area contributed by atoms with Crippen LogP contribution in [0, 0.1) is 0 Å². The summed E-state index contributed by atoms with van der Waals surface area (Å²) in [4.78, 5) is 0. The maximum atomic E-state index is 5.72. The molecule has 0 saturated carbocycles. The number of ether oxygens (including phenoxy) is 2. The first-order chi connectivity index (χ1) is 10.9. The molecule has 1 rings (SSSR count). The molecule has 0 atom stereocenters. The third kappa shape index (κ3) is 9.28. The first kappa shape index (κ1) is 18.3. The van der Waals surface area contributed by atoms with E-state index in [2.05, 4.69) is 38.2 Å². The Morgan fingerprint density at radius 2 is 1.09 bits per heavy atom. The largest absolute Gasteiger partial charge is 0.494 e. The van der Waals surface area contributed by atoms with Gasteiger partial charge in [0.05, 0.1) is 13.2 Å². The Labute approximate surface area is 135 Å². The van der Waals surface area contributed by atoms with Gasteiger partial charge < -0.3 is 9.47 Å². The number of hydrogen-bond donors (Lipinski definition) is 0. The molecule has 0 aliphatic rings. The molecule has 22 heavy (non-hydrogen) atoms. The highest BCUT2D eigenvalue weighted by molar-refractivity contribution is 5.31. The molecule has 0 heterocycles. The third-order valence-corrected chi connectivity index (χ3v) is 3.36. The SMILES string of the molecule is C/C=C/CCCCOc1ccc(OCCCC/C=C/C)cc1. The Morgan fingerprint density at radius 3 is 1.45 bits per heavy atom. The zero-order chi connectivity index (χ0) is 15.9. The lowest BCUT2D eigenvalue weighted by Crippen LogP contribution is -1.98. The van der Waals surface area contributed by atoms with Gasteiger partial charge in [0.15, 0.2) is 0 Å². The molecule has 0 unspecified atom stereocenters. The second kappa shape index (κ2) is 13.0. The molecule has 0 aromatic heterocycles. The van der Waals surface area contributed by atoms with Gasteiger partial charge in [0, 0.05) is 0 Å². The number of allylic oxidation sites excluding steroid dienone is 4. The van der Waals surface area contributed by atoms with Crippen molar-refractivity contribution in [2.45, 2.75) is 52.4 Å². The van der Waals surface area contributed by atoms with Crippen LogP contribution in [0.3, 0.4) is 0 Å². The molecule has 1 aromatic carbocycles. The van der Waals surface area contributed by atoms with E-state index in [9.17, 15) is 0 Å². The average molecular weight is 302 g/mol. The van der Waals surface area contributed by atoms with E-state index in [4.69, 9.17) is 9.47 Å². The van der Waals surface area contributed by atoms with Crippen molar-refractivity contribution in [2.75, 3.05) is 13.2 Å². The highest BCUT2D eigenvalue weighted by atomic mass is 16.5. The van der Waals surface area contributed by atoms with Gasteiger partial charge in [-0.1, -0.05) is 24.3 Å². The van der Waals surface area contributed by atoms with E-state index >= 15 is 0 Å². The molecule has 0 spiro atoms. The lowest BCUT2D eigenvalue weighted by atomic mass is 10.2. The summed E-state index contributed by atoms with van der Waals surface area (Å²) in [6.07, 6.45) is 15.4. The molecular formula is C20H30O2. The standard InChI is InChI=1S/C20H30O2/c1-3-5-7-9-11-17-21-19-13-15-20(16-14-19)22-18-12-10-8-6-4-2/h3-6,13-16H,7-12,17-18H2,1-2H3/b5-3+,6-4+. The average Bonchev–Trinajstić information content (AvgIpc) is 2.55. The van der Waals surface area contributed by atoms with Gasteiger partial charge in [0.1, 0.15) is 11.5 Å². The molecule has 0 amide bonds. The highest BCUT2D eigenvalue weighted by Gasteiger charge is 1.97. The number of rotatable bonds is 12. The maximum absolute atomic E-state index is 5.72. The van der Waals surface area contributed by atoms with Gasteiger partial charge in [-0.2, -0.15) is 0 Å². The van der Waals surface area contributed by atoms with Crippen molar-refractivity contribution in [3.05, 3.63) is 48.6 Å². The van der Waals surface area contributed by atoms with Gasteiger partial charge in [-0.3, -0.25) is 0 Å². The van der Waals surface area contributed by atoms with Crippen molar-refractivity contribution in [1.82, 2.24) is 0 Å². The Bertz CT molecular complexity index is 377. The zero-order valence-corrected chi connectivity index (χ0v) is 14.1. The van der Waals surface area contributed by atoms with Crippen molar-refractivity contribution in [2.24, 2.45) is 0 Å². The minimum atomic E-state index is 0.780. The van der Waals surface area contributed by atoms with Crippen molar-refractivity contribution < 1.29 is 9.47 Å². The molecule has 0 aliphatic heterocycles. The number of unbranched alkanes of at least 4 members (excludes halogenated alkanes) is 4.